The van der Waals surface area contributed by atoms with E-state index >= 15 is 0 Å². The van der Waals surface area contributed by atoms with Crippen LogP contribution < -0.4 is 76.1 Å². The summed E-state index contributed by atoms with van der Waals surface area (Å²) in [6, 6.07) is -9.69. The van der Waals surface area contributed by atoms with Crippen molar-refractivity contribution in [2.75, 3.05) is 32.8 Å². The van der Waals surface area contributed by atoms with Crippen molar-refractivity contribution in [2.24, 2.45) is 46.6 Å². The number of primary amides is 1. The molecule has 1 aromatic rings. The van der Waals surface area contributed by atoms with E-state index in [1.54, 1.807) is 58.0 Å². The Morgan fingerprint density at radius 3 is 1.33 bits per heavy atom. The van der Waals surface area contributed by atoms with Crippen LogP contribution in [0.1, 0.15) is 165 Å². The molecule has 0 radical (unpaired) electrons. The van der Waals surface area contributed by atoms with Crippen LogP contribution in [0.15, 0.2) is 30.3 Å². The van der Waals surface area contributed by atoms with E-state index in [1.165, 1.54) is 25.7 Å². The van der Waals surface area contributed by atoms with Crippen LogP contribution >= 0.6 is 0 Å². The molecule has 0 saturated carbocycles. The van der Waals surface area contributed by atoms with E-state index in [0.29, 0.717) is 44.1 Å². The Labute approximate surface area is 602 Å². The Morgan fingerprint density at radius 2 is 0.893 bits per heavy atom. The fraction of sp³-hybridized carbons (Fsp3) is 0.710. The summed E-state index contributed by atoms with van der Waals surface area (Å²) in [6.07, 6.45) is -1.14. The number of carboxylic acid groups (broad SMARTS) is 1. The average molecular weight is 1460 g/mol. The van der Waals surface area contributed by atoms with Crippen molar-refractivity contribution in [3.05, 3.63) is 35.9 Å². The highest BCUT2D eigenvalue weighted by Gasteiger charge is 2.43. The second kappa shape index (κ2) is 44.3. The molecule has 103 heavy (non-hydrogen) atoms. The van der Waals surface area contributed by atoms with E-state index in [-0.39, 0.29) is 89.4 Å². The maximum absolute atomic E-state index is 14.7. The van der Waals surface area contributed by atoms with Crippen LogP contribution in [0.5, 0.6) is 0 Å². The Bertz CT molecular complexity index is 3010. The standard InChI is InChI=1S/C69H116N16O18/c1-11-39(8)54(81-60(93)47(34-52(73)89)76-61(94)50-25-19-29-84(50)67(100)43(72)35-86)64(97)83-56(41(10)88)66(99)80-53(38(6)7)63(96)82-55(40(9)87)65(98)77-46(31-36(2)3)59(92)75-44(23-15-17-27-70)57(90)74-45(24-16-18-28-71)58(91)78-48(33-42-21-13-12-14-22-42)68(101)85-30-20-26-51(85)62(95)79-49(69(102)103)32-37(4)5/h12-14,21-22,36-41,43-51,53-56,86-88H,11,15-20,23-35,70-72H2,1-10H3,(H2,73,89)(H,74,90)(H,75,92)(H,76,94)(H,77,98)(H,78,91)(H,79,95)(H,80,99)(H,81,93)(H,82,96)(H,83,97)(H,102,103)/t39-,40+,41+,43-,44-,45-,46-,47-,48-,49-,50-,51-,53-,54-,55-,56-/m0/s1. The number of nitrogens with one attached hydrogen (secondary N) is 10. The summed E-state index contributed by atoms with van der Waals surface area (Å²) in [4.78, 5) is 196. The molecular formula is C69H116N16O18. The molecule has 2 aliphatic heterocycles. The van der Waals surface area contributed by atoms with Crippen LogP contribution in [-0.2, 0) is 73.5 Å². The third-order valence-electron chi connectivity index (χ3n) is 18.1. The number of nitrogens with zero attached hydrogens (tertiary/aromatic N) is 2. The fourth-order valence-corrected chi connectivity index (χ4v) is 12.1. The van der Waals surface area contributed by atoms with Crippen LogP contribution in [0.4, 0.5) is 0 Å². The van der Waals surface area contributed by atoms with Gasteiger partial charge >= 0.3 is 5.97 Å². The second-order valence-corrected chi connectivity index (χ2v) is 28.1. The highest BCUT2D eigenvalue weighted by molar-refractivity contribution is 6.01. The van der Waals surface area contributed by atoms with E-state index in [1.807, 2.05) is 13.8 Å². The van der Waals surface area contributed by atoms with E-state index in [9.17, 15) is 87.5 Å². The topological polar surface area (TPSA) is 551 Å². The van der Waals surface area contributed by atoms with Crippen LogP contribution in [-0.4, -0.2) is 237 Å². The first-order valence-electron chi connectivity index (χ1n) is 35.8. The van der Waals surface area contributed by atoms with Gasteiger partial charge in [-0.2, -0.15) is 0 Å². The molecule has 580 valence electrons. The zero-order valence-corrected chi connectivity index (χ0v) is 61.2. The smallest absolute Gasteiger partial charge is 0.326 e. The Kier molecular flexibility index (Phi) is 38.2. The number of hydrogen-bond acceptors (Lipinski definition) is 20. The summed E-state index contributed by atoms with van der Waals surface area (Å²) in [7, 11) is 0. The molecule has 13 amide bonds. The fourth-order valence-electron chi connectivity index (χ4n) is 12.1. The van der Waals surface area contributed by atoms with E-state index < -0.39 is 198 Å². The number of unbranched alkanes of at least 4 members (excludes halogenated alkanes) is 2. The first-order chi connectivity index (χ1) is 48.5. The van der Waals surface area contributed by atoms with Gasteiger partial charge in [-0.3, -0.25) is 62.3 Å². The molecule has 2 heterocycles. The number of aliphatic carboxylic acids is 1. The summed E-state index contributed by atoms with van der Waals surface area (Å²) in [5, 5.41) is 67.2. The minimum absolute atomic E-state index is 0.0132. The van der Waals surface area contributed by atoms with Gasteiger partial charge in [-0.25, -0.2) is 4.79 Å². The third kappa shape index (κ3) is 28.6. The summed E-state index contributed by atoms with van der Waals surface area (Å²) in [5.41, 5.74) is 23.5. The molecule has 1 aromatic carbocycles. The van der Waals surface area contributed by atoms with E-state index in [0.717, 1.165) is 11.8 Å². The molecule has 2 aliphatic rings. The summed E-state index contributed by atoms with van der Waals surface area (Å²) in [5.74, 6) is -14.7. The quantitative estimate of drug-likeness (QED) is 0.0278. The number of carbonyl (C=O) groups excluding carboxylic acids is 13. The SMILES string of the molecule is CC[C@H](C)[C@H](NC(=O)[C@H](CC(N)=O)NC(=O)[C@@H]1CCCN1C(=O)[C@@H](N)CO)C(=O)N[C@H](C(=O)N[C@H](C(=O)N[C@H](C(=O)N[C@@H](CC(C)C)C(=O)N[C@@H](CCCCN)C(=O)N[C@@H](CCCCN)C(=O)N[C@@H](Cc1ccccc1)C(=O)N1CCC[C@H]1C(=O)N[C@@H](CC(C)C)C(=O)O)[C@@H](C)O)C(C)C)[C@@H](C)O. The van der Waals surface area contributed by atoms with Crippen LogP contribution in [0.25, 0.3) is 0 Å². The van der Waals surface area contributed by atoms with Gasteiger partial charge in [0.15, 0.2) is 0 Å². The van der Waals surface area contributed by atoms with Gasteiger partial charge < -0.3 is 106 Å². The summed E-state index contributed by atoms with van der Waals surface area (Å²) < 4.78 is 0. The van der Waals surface area contributed by atoms with Gasteiger partial charge in [-0.15, -0.1) is 0 Å². The first-order valence-corrected chi connectivity index (χ1v) is 35.8. The first kappa shape index (κ1) is 88.8. The lowest BCUT2D eigenvalue weighted by Gasteiger charge is -2.31. The van der Waals surface area contributed by atoms with Crippen molar-refractivity contribution in [3.63, 3.8) is 0 Å². The molecule has 16 atom stereocenters. The number of amides is 13. The van der Waals surface area contributed by atoms with Crippen LogP contribution in [0.2, 0.25) is 0 Å². The largest absolute Gasteiger partial charge is 0.480 e. The Morgan fingerprint density at radius 1 is 0.495 bits per heavy atom. The molecule has 34 heteroatoms. The summed E-state index contributed by atoms with van der Waals surface area (Å²) >= 11 is 0. The number of carboxylic acids is 1. The number of aliphatic hydroxyl groups excluding tert-OH is 3. The highest BCUT2D eigenvalue weighted by atomic mass is 16.4. The number of aliphatic hydroxyl groups is 3. The zero-order chi connectivity index (χ0) is 77.5. The van der Waals surface area contributed by atoms with Crippen molar-refractivity contribution >= 4 is 82.8 Å². The number of benzene rings is 1. The van der Waals surface area contributed by atoms with Gasteiger partial charge in [-0.05, 0) is 133 Å². The summed E-state index contributed by atoms with van der Waals surface area (Å²) in [6.45, 7) is 15.7. The molecule has 0 bridgehead atoms. The van der Waals surface area contributed by atoms with Gasteiger partial charge in [0.25, 0.3) is 0 Å². The maximum Gasteiger partial charge on any atom is 0.326 e. The van der Waals surface area contributed by atoms with Crippen molar-refractivity contribution in [1.29, 1.82) is 0 Å². The van der Waals surface area contributed by atoms with Crippen molar-refractivity contribution < 1.29 is 87.5 Å². The molecular weight excluding hydrogens is 1340 g/mol. The lowest BCUT2D eigenvalue weighted by atomic mass is 9.96. The van der Waals surface area contributed by atoms with Crippen LogP contribution in [0, 0.1) is 23.7 Å². The number of carbonyl (C=O) groups is 14. The molecule has 34 nitrogen and oxygen atoms in total. The minimum Gasteiger partial charge on any atom is -0.480 e. The van der Waals surface area contributed by atoms with Crippen molar-refractivity contribution in [3.8, 4) is 0 Å². The number of likely N-dealkylation sites (tertiary alicyclic amines) is 2. The van der Waals surface area contributed by atoms with E-state index in [4.69, 9.17) is 22.9 Å². The Hall–Kier alpha value is -8.44. The molecule has 2 fully saturated rings. The molecule has 3 rings (SSSR count). The third-order valence-corrected chi connectivity index (χ3v) is 18.1. The predicted molar refractivity (Wildman–Crippen MR) is 378 cm³/mol. The van der Waals surface area contributed by atoms with Crippen molar-refractivity contribution in [2.45, 2.75) is 256 Å². The lowest BCUT2D eigenvalue weighted by molar-refractivity contribution is -0.145. The van der Waals surface area contributed by atoms with Gasteiger partial charge in [-0.1, -0.05) is 92.1 Å². The average Bonchev–Trinajstić information content (AvgIpc) is 1.78. The molecule has 0 aliphatic carbocycles. The molecule has 2 saturated heterocycles. The molecule has 0 spiro atoms. The number of hydrogen-bond donors (Lipinski definition) is 18. The normalized spacial score (nSPS) is 18.5. The zero-order valence-electron chi connectivity index (χ0n) is 61.2. The molecule has 22 N–H and O–H groups in total. The van der Waals surface area contributed by atoms with Gasteiger partial charge in [0.05, 0.1) is 25.2 Å². The second-order valence-electron chi connectivity index (χ2n) is 28.1. The monoisotopic (exact) mass is 1460 g/mol. The number of nitrogens with two attached hydrogens (primary N) is 4. The van der Waals surface area contributed by atoms with E-state index in [2.05, 4.69) is 53.2 Å². The highest BCUT2D eigenvalue weighted by Crippen LogP contribution is 2.23. The van der Waals surface area contributed by atoms with Crippen LogP contribution in [0.3, 0.4) is 0 Å². The number of rotatable bonds is 45. The molecule has 0 aromatic heterocycles. The molecule has 0 unspecified atom stereocenters. The minimum atomic E-state index is -1.82. The van der Waals surface area contributed by atoms with Gasteiger partial charge in [0, 0.05) is 19.5 Å². The lowest BCUT2D eigenvalue weighted by Crippen LogP contribution is -2.64. The van der Waals surface area contributed by atoms with Gasteiger partial charge in [0.2, 0.25) is 76.8 Å². The van der Waals surface area contributed by atoms with Gasteiger partial charge in [0.1, 0.15) is 78.5 Å². The predicted octanol–water partition coefficient (Wildman–Crippen LogP) is -3.85. The van der Waals surface area contributed by atoms with Crippen molar-refractivity contribution in [1.82, 2.24) is 63.0 Å². The Balaban J connectivity index is 1.88. The maximum atomic E-state index is 14.7.